The first kappa shape index (κ1) is 27.5. The summed E-state index contributed by atoms with van der Waals surface area (Å²) in [5.74, 6) is -0.632. The van der Waals surface area contributed by atoms with Gasteiger partial charge in [0.25, 0.3) is 15.9 Å². The molecule has 1 aliphatic carbocycles. The summed E-state index contributed by atoms with van der Waals surface area (Å²) in [5.41, 5.74) is 0.408. The molecule has 2 N–H and O–H groups in total. The van der Waals surface area contributed by atoms with Gasteiger partial charge >= 0.3 is 0 Å². The Morgan fingerprint density at radius 1 is 0.902 bits per heavy atom. The van der Waals surface area contributed by atoms with E-state index in [9.17, 15) is 22.8 Å². The van der Waals surface area contributed by atoms with Gasteiger partial charge in [-0.2, -0.15) is 4.57 Å². The molecular weight excluding hydrogens is 544 g/mol. The number of nitrogens with zero attached hydrogens (tertiary/aromatic N) is 2. The lowest BCUT2D eigenvalue weighted by atomic mass is 9.90. The van der Waals surface area contributed by atoms with Crippen molar-refractivity contribution in [3.63, 3.8) is 0 Å². The third-order valence-corrected chi connectivity index (χ3v) is 7.93. The Balaban J connectivity index is 1.35. The molecule has 0 radical (unpaired) electrons. The van der Waals surface area contributed by atoms with Crippen molar-refractivity contribution in [2.45, 2.75) is 17.9 Å². The van der Waals surface area contributed by atoms with Crippen molar-refractivity contribution in [3.05, 3.63) is 120 Å². The molecule has 4 aromatic rings. The van der Waals surface area contributed by atoms with E-state index in [4.69, 9.17) is 4.74 Å². The number of benzene rings is 3. The zero-order chi connectivity index (χ0) is 29.0. The van der Waals surface area contributed by atoms with Gasteiger partial charge in [-0.15, -0.1) is 0 Å². The second-order valence-electron chi connectivity index (χ2n) is 9.24. The van der Waals surface area contributed by atoms with Gasteiger partial charge in [0.1, 0.15) is 23.8 Å². The summed E-state index contributed by atoms with van der Waals surface area (Å²) < 4.78 is 37.0. The van der Waals surface area contributed by atoms with Crippen LogP contribution < -0.4 is 19.3 Å². The van der Waals surface area contributed by atoms with E-state index in [1.807, 2.05) is 0 Å². The summed E-state index contributed by atoms with van der Waals surface area (Å²) in [5, 5.41) is 2.86. The zero-order valence-electron chi connectivity index (χ0n) is 22.1. The summed E-state index contributed by atoms with van der Waals surface area (Å²) in [6.45, 7) is 0.894. The van der Waals surface area contributed by atoms with E-state index in [0.29, 0.717) is 30.8 Å². The maximum Gasteiger partial charge on any atom is 0.262 e. The SMILES string of the molecule is COc1ccc(C(=O)NCCC[n+]2ccn(C3=C(NS(=O)(=O)c4ccccc4)C(=O)c4ccccc4C3=O)c2)cc1. The number of allylic oxidation sites excluding steroid dienone is 2. The molecule has 3 aromatic carbocycles. The molecule has 41 heavy (non-hydrogen) atoms. The highest BCUT2D eigenvalue weighted by Gasteiger charge is 2.38. The van der Waals surface area contributed by atoms with Crippen LogP contribution in [0.15, 0.2) is 108 Å². The molecule has 1 aliphatic rings. The number of carbonyl (C=O) groups excluding carboxylic acids is 3. The molecule has 208 valence electrons. The van der Waals surface area contributed by atoms with Gasteiger partial charge in [-0.1, -0.05) is 42.5 Å². The molecular formula is C30H27N4O6S+. The van der Waals surface area contributed by atoms with Crippen LogP contribution in [0.1, 0.15) is 37.5 Å². The summed E-state index contributed by atoms with van der Waals surface area (Å²) >= 11 is 0. The molecule has 0 saturated carbocycles. The highest BCUT2D eigenvalue weighted by atomic mass is 32.2. The molecule has 0 atom stereocenters. The van der Waals surface area contributed by atoms with Gasteiger partial charge in [-0.25, -0.2) is 13.0 Å². The van der Waals surface area contributed by atoms with Crippen LogP contribution in [0.3, 0.4) is 0 Å². The largest absolute Gasteiger partial charge is 0.497 e. The Kier molecular flexibility index (Phi) is 7.79. The molecule has 5 rings (SSSR count). The van der Waals surface area contributed by atoms with Gasteiger partial charge in [0.15, 0.2) is 0 Å². The number of Topliss-reactive ketones (excluding diaryl/α,β-unsaturated/α-hetero) is 2. The fourth-order valence-electron chi connectivity index (χ4n) is 4.46. The van der Waals surface area contributed by atoms with E-state index in [1.54, 1.807) is 91.1 Å². The number of carbonyl (C=O) groups is 3. The van der Waals surface area contributed by atoms with Gasteiger partial charge in [0.05, 0.1) is 18.6 Å². The Morgan fingerprint density at radius 3 is 2.24 bits per heavy atom. The maximum absolute atomic E-state index is 13.6. The predicted molar refractivity (Wildman–Crippen MR) is 150 cm³/mol. The molecule has 0 fully saturated rings. The average Bonchev–Trinajstić information content (AvgIpc) is 3.46. The maximum atomic E-state index is 13.6. The van der Waals surface area contributed by atoms with Crippen molar-refractivity contribution in [3.8, 4) is 5.75 Å². The van der Waals surface area contributed by atoms with Crippen molar-refractivity contribution in [1.82, 2.24) is 14.6 Å². The number of imidazole rings is 1. The lowest BCUT2D eigenvalue weighted by Gasteiger charge is -2.19. The predicted octanol–water partition coefficient (Wildman–Crippen LogP) is 2.83. The van der Waals surface area contributed by atoms with Crippen LogP contribution >= 0.6 is 0 Å². The van der Waals surface area contributed by atoms with Gasteiger partial charge in [-0.3, -0.25) is 19.1 Å². The van der Waals surface area contributed by atoms with E-state index < -0.39 is 21.6 Å². The number of fused-ring (bicyclic) bond motifs is 1. The van der Waals surface area contributed by atoms with Crippen LogP contribution in [0, 0.1) is 0 Å². The fourth-order valence-corrected chi connectivity index (χ4v) is 5.55. The molecule has 10 nitrogen and oxygen atoms in total. The van der Waals surface area contributed by atoms with Gasteiger partial charge < -0.3 is 10.1 Å². The lowest BCUT2D eigenvalue weighted by Crippen LogP contribution is -2.36. The van der Waals surface area contributed by atoms with Crippen LogP contribution in [0.4, 0.5) is 0 Å². The minimum Gasteiger partial charge on any atom is -0.497 e. The second-order valence-corrected chi connectivity index (χ2v) is 10.9. The third kappa shape index (κ3) is 5.80. The third-order valence-electron chi connectivity index (χ3n) is 6.57. The minimum absolute atomic E-state index is 0.0368. The molecule has 1 amide bonds. The molecule has 0 spiro atoms. The number of methoxy groups -OCH3 is 1. The number of aromatic nitrogens is 2. The summed E-state index contributed by atoms with van der Waals surface area (Å²) in [4.78, 5) is 39.4. The van der Waals surface area contributed by atoms with Crippen LogP contribution in [-0.2, 0) is 16.6 Å². The van der Waals surface area contributed by atoms with Gasteiger partial charge in [0, 0.05) is 29.7 Å². The highest BCUT2D eigenvalue weighted by Crippen LogP contribution is 2.29. The smallest absolute Gasteiger partial charge is 0.262 e. The van der Waals surface area contributed by atoms with Crippen LogP contribution in [-0.4, -0.2) is 44.1 Å². The standard InChI is InChI=1S/C30H26N4O6S/c1-40-22-14-12-21(13-15-22)30(37)31-16-7-17-33-18-19-34(20-33)27-26(32-41(38,39)23-8-3-2-4-9-23)28(35)24-10-5-6-11-25(24)29(27)36/h2-6,8-15,18-20H,7,16-17H2,1H3,(H-,31,32,36,37)/p+1. The van der Waals surface area contributed by atoms with E-state index >= 15 is 0 Å². The number of ketones is 2. The van der Waals surface area contributed by atoms with Crippen molar-refractivity contribution in [2.75, 3.05) is 13.7 Å². The molecule has 0 saturated heterocycles. The summed E-state index contributed by atoms with van der Waals surface area (Å²) in [6, 6.07) is 20.7. The summed E-state index contributed by atoms with van der Waals surface area (Å²) in [7, 11) is -2.60. The minimum atomic E-state index is -4.15. The second kappa shape index (κ2) is 11.6. The Labute approximate surface area is 236 Å². The topological polar surface area (TPSA) is 127 Å². The molecule has 1 heterocycles. The highest BCUT2D eigenvalue weighted by molar-refractivity contribution is 7.89. The lowest BCUT2D eigenvalue weighted by molar-refractivity contribution is -0.696. The van der Waals surface area contributed by atoms with Gasteiger partial charge in [-0.05, 0) is 36.4 Å². The average molecular weight is 572 g/mol. The first-order valence-corrected chi connectivity index (χ1v) is 14.3. The van der Waals surface area contributed by atoms with E-state index in [1.165, 1.54) is 22.8 Å². The van der Waals surface area contributed by atoms with Crippen LogP contribution in [0.5, 0.6) is 5.75 Å². The number of hydrogen-bond donors (Lipinski definition) is 2. The number of amides is 1. The van der Waals surface area contributed by atoms with Crippen molar-refractivity contribution < 1.29 is 32.1 Å². The zero-order valence-corrected chi connectivity index (χ0v) is 22.9. The Hall–Kier alpha value is -5.03. The van der Waals surface area contributed by atoms with Crippen LogP contribution in [0.2, 0.25) is 0 Å². The fraction of sp³-hybridized carbons (Fsp3) is 0.133. The molecule has 1 aromatic heterocycles. The number of rotatable bonds is 10. The van der Waals surface area contributed by atoms with E-state index in [2.05, 4.69) is 10.0 Å². The number of nitrogens with one attached hydrogen (secondary N) is 2. The first-order chi connectivity index (χ1) is 19.8. The Morgan fingerprint density at radius 2 is 1.56 bits per heavy atom. The van der Waals surface area contributed by atoms with E-state index in [0.717, 1.165) is 0 Å². The summed E-state index contributed by atoms with van der Waals surface area (Å²) in [6.07, 6.45) is 5.48. The number of hydrogen-bond acceptors (Lipinski definition) is 6. The normalized spacial score (nSPS) is 13.1. The molecule has 0 unspecified atom stereocenters. The van der Waals surface area contributed by atoms with Crippen molar-refractivity contribution >= 4 is 33.2 Å². The van der Waals surface area contributed by atoms with E-state index in [-0.39, 0.29) is 33.3 Å². The monoisotopic (exact) mass is 571 g/mol. The molecule has 0 aliphatic heterocycles. The number of sulfonamides is 1. The number of ether oxygens (including phenoxy) is 1. The van der Waals surface area contributed by atoms with Crippen molar-refractivity contribution in [1.29, 1.82) is 0 Å². The quantitative estimate of drug-likeness (QED) is 0.223. The first-order valence-electron chi connectivity index (χ1n) is 12.8. The van der Waals surface area contributed by atoms with Gasteiger partial charge in [0.2, 0.25) is 23.6 Å². The molecule has 11 heteroatoms. The number of aryl methyl sites for hydroxylation is 1. The molecule has 0 bridgehead atoms. The Bertz CT molecular complexity index is 1760. The van der Waals surface area contributed by atoms with Crippen molar-refractivity contribution in [2.24, 2.45) is 0 Å². The van der Waals surface area contributed by atoms with Crippen LogP contribution in [0.25, 0.3) is 5.70 Å².